The summed E-state index contributed by atoms with van der Waals surface area (Å²) in [5.41, 5.74) is 1.66. The lowest BCUT2D eigenvalue weighted by Crippen LogP contribution is -2.41. The van der Waals surface area contributed by atoms with Crippen molar-refractivity contribution in [3.8, 4) is 0 Å². The number of hydrogen-bond donors (Lipinski definition) is 1. The van der Waals surface area contributed by atoms with Crippen LogP contribution in [-0.2, 0) is 27.7 Å². The highest BCUT2D eigenvalue weighted by atomic mass is 32.2. The second-order valence-corrected chi connectivity index (χ2v) is 11.6. The number of sulfonamides is 1. The summed E-state index contributed by atoms with van der Waals surface area (Å²) >= 11 is 1.38. The number of rotatable bonds is 5. The molecule has 1 amide bonds. The summed E-state index contributed by atoms with van der Waals surface area (Å²) in [5, 5.41) is 3.31. The molecular formula is C23H29N3O5S2. The summed E-state index contributed by atoms with van der Waals surface area (Å²) in [6, 6.07) is 5.93. The molecule has 1 atom stereocenters. The average molecular weight is 492 g/mol. The number of carbonyl (C=O) groups excluding carboxylic acids is 2. The molecule has 4 rings (SSSR count). The third-order valence-electron chi connectivity index (χ3n) is 6.33. The molecule has 0 saturated carbocycles. The number of ether oxygens (including phenoxy) is 1. The molecule has 1 unspecified atom stereocenters. The molecule has 1 fully saturated rings. The molecule has 0 aliphatic carbocycles. The molecular weight excluding hydrogens is 462 g/mol. The van der Waals surface area contributed by atoms with Crippen LogP contribution in [0.5, 0.6) is 0 Å². The molecule has 8 nitrogen and oxygen atoms in total. The van der Waals surface area contributed by atoms with Crippen molar-refractivity contribution in [2.75, 3.05) is 32.6 Å². The van der Waals surface area contributed by atoms with Crippen LogP contribution in [0, 0.1) is 0 Å². The second kappa shape index (κ2) is 9.54. The number of nitrogens with zero attached hydrogens (tertiary/aromatic N) is 2. The van der Waals surface area contributed by atoms with E-state index in [4.69, 9.17) is 4.74 Å². The second-order valence-electron chi connectivity index (χ2n) is 8.63. The molecule has 33 heavy (non-hydrogen) atoms. The van der Waals surface area contributed by atoms with Crippen molar-refractivity contribution in [2.24, 2.45) is 0 Å². The van der Waals surface area contributed by atoms with Gasteiger partial charge in [0.15, 0.2) is 0 Å². The minimum atomic E-state index is -3.60. The van der Waals surface area contributed by atoms with Gasteiger partial charge in [0.25, 0.3) is 5.91 Å². The molecule has 178 valence electrons. The molecule has 1 N–H and O–H groups in total. The first-order valence-corrected chi connectivity index (χ1v) is 13.3. The number of esters is 1. The first kappa shape index (κ1) is 23.9. The van der Waals surface area contributed by atoms with Gasteiger partial charge in [0.1, 0.15) is 5.00 Å². The van der Waals surface area contributed by atoms with Crippen LogP contribution in [-0.4, -0.2) is 62.8 Å². The van der Waals surface area contributed by atoms with Gasteiger partial charge < -0.3 is 15.0 Å². The molecule has 1 saturated heterocycles. The van der Waals surface area contributed by atoms with Crippen LogP contribution >= 0.6 is 11.3 Å². The molecule has 10 heteroatoms. The highest BCUT2D eigenvalue weighted by Gasteiger charge is 2.31. The highest BCUT2D eigenvalue weighted by Crippen LogP contribution is 2.37. The van der Waals surface area contributed by atoms with Crippen molar-refractivity contribution >= 4 is 38.2 Å². The number of likely N-dealkylation sites (N-methyl/N-ethyl adjacent to an activating group) is 1. The number of nitrogens with one attached hydrogen (secondary N) is 1. The first-order valence-electron chi connectivity index (χ1n) is 11.1. The molecule has 3 heterocycles. The summed E-state index contributed by atoms with van der Waals surface area (Å²) in [5.74, 6) is -0.869. The van der Waals surface area contributed by atoms with Gasteiger partial charge in [-0.3, -0.25) is 4.79 Å². The predicted molar refractivity (Wildman–Crippen MR) is 127 cm³/mol. The first-order chi connectivity index (χ1) is 15.7. The van der Waals surface area contributed by atoms with Gasteiger partial charge in [-0.2, -0.15) is 4.31 Å². The Hall–Kier alpha value is -2.27. The quantitative estimate of drug-likeness (QED) is 0.645. The van der Waals surface area contributed by atoms with Crippen molar-refractivity contribution in [3.63, 3.8) is 0 Å². The standard InChI is InChI=1S/C23H29N3O5S2/c1-15-6-4-5-12-26(15)33(29,30)17-9-7-16(8-10-17)21(27)24-22-20(23(28)31-3)18-11-13-25(2)14-19(18)32-22/h7-10,15H,4-6,11-14H2,1-3H3,(H,24,27). The number of amides is 1. The van der Waals surface area contributed by atoms with Gasteiger partial charge >= 0.3 is 5.97 Å². The number of anilines is 1. The van der Waals surface area contributed by atoms with E-state index in [-0.39, 0.29) is 10.9 Å². The zero-order valence-electron chi connectivity index (χ0n) is 19.1. The summed E-state index contributed by atoms with van der Waals surface area (Å²) in [7, 11) is -0.262. The fourth-order valence-corrected chi connectivity index (χ4v) is 7.47. The van der Waals surface area contributed by atoms with E-state index in [1.807, 2.05) is 14.0 Å². The highest BCUT2D eigenvalue weighted by molar-refractivity contribution is 7.89. The predicted octanol–water partition coefficient (Wildman–Crippen LogP) is 3.34. The van der Waals surface area contributed by atoms with Crippen LogP contribution in [0.1, 0.15) is 57.3 Å². The molecule has 0 spiro atoms. The Morgan fingerprint density at radius 3 is 2.55 bits per heavy atom. The maximum Gasteiger partial charge on any atom is 0.341 e. The van der Waals surface area contributed by atoms with Gasteiger partial charge in [0, 0.05) is 36.1 Å². The Balaban J connectivity index is 1.56. The molecule has 1 aromatic heterocycles. The summed E-state index contributed by atoms with van der Waals surface area (Å²) < 4.78 is 32.6. The maximum atomic E-state index is 13.0. The van der Waals surface area contributed by atoms with Crippen LogP contribution < -0.4 is 5.32 Å². The third-order valence-corrected chi connectivity index (χ3v) is 9.49. The maximum absolute atomic E-state index is 13.0. The Morgan fingerprint density at radius 2 is 1.88 bits per heavy atom. The Kier molecular flexibility index (Phi) is 6.90. The smallest absolute Gasteiger partial charge is 0.341 e. The normalized spacial score (nSPS) is 19.7. The monoisotopic (exact) mass is 491 g/mol. The lowest BCUT2D eigenvalue weighted by Gasteiger charge is -2.32. The Bertz CT molecular complexity index is 1160. The number of benzene rings is 1. The summed E-state index contributed by atoms with van der Waals surface area (Å²) in [6.45, 7) is 3.98. The average Bonchev–Trinajstić information content (AvgIpc) is 3.15. The lowest BCUT2D eigenvalue weighted by molar-refractivity contribution is 0.0600. The van der Waals surface area contributed by atoms with Crippen LogP contribution in [0.2, 0.25) is 0 Å². The fourth-order valence-electron chi connectivity index (χ4n) is 4.46. The van der Waals surface area contributed by atoms with E-state index >= 15 is 0 Å². The van der Waals surface area contributed by atoms with Crippen molar-refractivity contribution in [1.29, 1.82) is 0 Å². The number of methoxy groups -OCH3 is 1. The lowest BCUT2D eigenvalue weighted by atomic mass is 10.0. The van der Waals surface area contributed by atoms with Gasteiger partial charge in [0.05, 0.1) is 17.6 Å². The molecule has 1 aromatic carbocycles. The van der Waals surface area contributed by atoms with Crippen LogP contribution in [0.25, 0.3) is 0 Å². The van der Waals surface area contributed by atoms with E-state index in [0.29, 0.717) is 35.6 Å². The van der Waals surface area contributed by atoms with Crippen molar-refractivity contribution in [3.05, 3.63) is 45.8 Å². The molecule has 0 bridgehead atoms. The molecule has 2 aromatic rings. The molecule has 2 aliphatic rings. The van der Waals surface area contributed by atoms with E-state index in [1.54, 1.807) is 4.31 Å². The van der Waals surface area contributed by atoms with Crippen LogP contribution in [0.4, 0.5) is 5.00 Å². The third kappa shape index (κ3) is 4.70. The number of thiophene rings is 1. The van der Waals surface area contributed by atoms with E-state index in [9.17, 15) is 18.0 Å². The minimum Gasteiger partial charge on any atom is -0.465 e. The fraction of sp³-hybridized carbons (Fsp3) is 0.478. The van der Waals surface area contributed by atoms with E-state index in [0.717, 1.165) is 36.2 Å². The van der Waals surface area contributed by atoms with Gasteiger partial charge in [-0.1, -0.05) is 6.42 Å². The van der Waals surface area contributed by atoms with Gasteiger partial charge in [-0.05, 0) is 63.1 Å². The molecule has 2 aliphatic heterocycles. The Morgan fingerprint density at radius 1 is 1.15 bits per heavy atom. The minimum absolute atomic E-state index is 0.0348. The van der Waals surface area contributed by atoms with Crippen molar-refractivity contribution < 1.29 is 22.7 Å². The van der Waals surface area contributed by atoms with Crippen LogP contribution in [0.3, 0.4) is 0 Å². The van der Waals surface area contributed by atoms with Crippen molar-refractivity contribution in [2.45, 2.75) is 50.1 Å². The van der Waals surface area contributed by atoms with E-state index in [2.05, 4.69) is 10.2 Å². The van der Waals surface area contributed by atoms with E-state index in [1.165, 1.54) is 42.7 Å². The SMILES string of the molecule is COC(=O)c1c(NC(=O)c2ccc(S(=O)(=O)N3CCCCC3C)cc2)sc2c1CCN(C)C2. The summed E-state index contributed by atoms with van der Waals surface area (Å²) in [6.07, 6.45) is 3.45. The van der Waals surface area contributed by atoms with Gasteiger partial charge in [-0.15, -0.1) is 11.3 Å². The van der Waals surface area contributed by atoms with Crippen LogP contribution in [0.15, 0.2) is 29.2 Å². The van der Waals surface area contributed by atoms with Crippen molar-refractivity contribution in [1.82, 2.24) is 9.21 Å². The largest absolute Gasteiger partial charge is 0.465 e. The van der Waals surface area contributed by atoms with Gasteiger partial charge in [0.2, 0.25) is 10.0 Å². The number of piperidine rings is 1. The number of hydrogen-bond acceptors (Lipinski definition) is 7. The topological polar surface area (TPSA) is 96.0 Å². The zero-order valence-corrected chi connectivity index (χ0v) is 20.7. The number of carbonyl (C=O) groups is 2. The zero-order chi connectivity index (χ0) is 23.8. The van der Waals surface area contributed by atoms with E-state index < -0.39 is 21.9 Å². The van der Waals surface area contributed by atoms with Gasteiger partial charge in [-0.25, -0.2) is 13.2 Å². The Labute approximate surface area is 198 Å². The summed E-state index contributed by atoms with van der Waals surface area (Å²) in [4.78, 5) is 28.8. The molecule has 0 radical (unpaired) electrons. The number of fused-ring (bicyclic) bond motifs is 1.